The summed E-state index contributed by atoms with van der Waals surface area (Å²) in [7, 11) is 0. The molecule has 1 aliphatic carbocycles. The van der Waals surface area contributed by atoms with Gasteiger partial charge in [-0.2, -0.15) is 9.97 Å². The Kier molecular flexibility index (Phi) is 6.44. The van der Waals surface area contributed by atoms with Gasteiger partial charge in [0.1, 0.15) is 24.3 Å². The summed E-state index contributed by atoms with van der Waals surface area (Å²) in [5.74, 6) is 1.09. The van der Waals surface area contributed by atoms with Gasteiger partial charge in [-0.25, -0.2) is 4.39 Å². The molecule has 4 aliphatic heterocycles. The van der Waals surface area contributed by atoms with Crippen molar-refractivity contribution in [1.29, 1.82) is 0 Å². The van der Waals surface area contributed by atoms with E-state index < -0.39 is 11.8 Å². The van der Waals surface area contributed by atoms with Crippen molar-refractivity contribution in [3.63, 3.8) is 0 Å². The lowest BCUT2D eigenvalue weighted by Gasteiger charge is -2.43. The van der Waals surface area contributed by atoms with Crippen LogP contribution in [0.25, 0.3) is 0 Å². The smallest absolute Gasteiger partial charge is 0.318 e. The lowest BCUT2D eigenvalue weighted by atomic mass is 9.75. The summed E-state index contributed by atoms with van der Waals surface area (Å²) in [6.45, 7) is 3.71. The Balaban J connectivity index is 1.24. The number of ether oxygens (including phenoxy) is 2. The normalized spacial score (nSPS) is 32.5. The van der Waals surface area contributed by atoms with Crippen molar-refractivity contribution in [2.45, 2.75) is 94.2 Å². The molecule has 3 saturated heterocycles. The van der Waals surface area contributed by atoms with Crippen molar-refractivity contribution < 1.29 is 24.1 Å². The first-order valence-electron chi connectivity index (χ1n) is 14.7. The molecular formula is C30H39FN4O4. The summed E-state index contributed by atoms with van der Waals surface area (Å²) in [4.78, 5) is 14.4. The number of nitrogens with zero attached hydrogens (tertiary/aromatic N) is 4. The van der Waals surface area contributed by atoms with E-state index >= 15 is 0 Å². The highest BCUT2D eigenvalue weighted by molar-refractivity contribution is 5.52. The third-order valence-electron chi connectivity index (χ3n) is 9.84. The van der Waals surface area contributed by atoms with Gasteiger partial charge in [-0.3, -0.25) is 4.90 Å². The summed E-state index contributed by atoms with van der Waals surface area (Å²) in [6.07, 6.45) is 7.22. The summed E-state index contributed by atoms with van der Waals surface area (Å²) >= 11 is 0. The highest BCUT2D eigenvalue weighted by Gasteiger charge is 2.49. The summed E-state index contributed by atoms with van der Waals surface area (Å²) in [5.41, 5.74) is 3.39. The SMILES string of the molecule is Oc1ccc2c(c1)C1(CCC2)Cc2nc(OC[C@@]34CCCN3CC(F)C4)nc(N3CCCC(O)CC3)c2CO1. The minimum absolute atomic E-state index is 0.253. The molecular weight excluding hydrogens is 499 g/mol. The number of aromatic hydroxyl groups is 1. The molecule has 2 N–H and O–H groups in total. The number of fused-ring (bicyclic) bond motifs is 4. The topological polar surface area (TPSA) is 91.2 Å². The molecule has 5 aliphatic rings. The Morgan fingerprint density at radius 3 is 2.95 bits per heavy atom. The fourth-order valence-electron chi connectivity index (χ4n) is 7.82. The molecule has 4 atom stereocenters. The van der Waals surface area contributed by atoms with Crippen molar-refractivity contribution in [2.24, 2.45) is 0 Å². The summed E-state index contributed by atoms with van der Waals surface area (Å²) in [5, 5.41) is 20.6. The van der Waals surface area contributed by atoms with Gasteiger partial charge in [0.15, 0.2) is 0 Å². The number of aliphatic hydroxyl groups is 1. The van der Waals surface area contributed by atoms with E-state index in [1.54, 1.807) is 6.07 Å². The van der Waals surface area contributed by atoms with Crippen LogP contribution < -0.4 is 9.64 Å². The fourth-order valence-corrected chi connectivity index (χ4v) is 7.82. The molecule has 1 aromatic carbocycles. The second-order valence-electron chi connectivity index (χ2n) is 12.3. The first kappa shape index (κ1) is 25.5. The van der Waals surface area contributed by atoms with Crippen LogP contribution in [0.15, 0.2) is 18.2 Å². The average Bonchev–Trinajstić information content (AvgIpc) is 3.35. The number of phenolic OH excluding ortho intramolecular Hbond substituents is 1. The number of hydrogen-bond donors (Lipinski definition) is 2. The van der Waals surface area contributed by atoms with E-state index in [2.05, 4.69) is 9.80 Å². The molecule has 9 heteroatoms. The van der Waals surface area contributed by atoms with Gasteiger partial charge in [-0.1, -0.05) is 6.07 Å². The van der Waals surface area contributed by atoms with E-state index in [0.29, 0.717) is 51.6 Å². The van der Waals surface area contributed by atoms with Crippen LogP contribution in [-0.4, -0.2) is 75.7 Å². The van der Waals surface area contributed by atoms with Gasteiger partial charge < -0.3 is 24.6 Å². The minimum Gasteiger partial charge on any atom is -0.508 e. The van der Waals surface area contributed by atoms with E-state index in [0.717, 1.165) is 80.7 Å². The van der Waals surface area contributed by atoms with Crippen LogP contribution in [0.1, 0.15) is 73.8 Å². The molecule has 2 aromatic rings. The molecule has 3 fully saturated rings. The second kappa shape index (κ2) is 9.85. The number of halogens is 1. The Hall–Kier alpha value is -2.49. The maximum absolute atomic E-state index is 14.4. The minimum atomic E-state index is -0.808. The third-order valence-corrected chi connectivity index (χ3v) is 9.84. The number of benzene rings is 1. The van der Waals surface area contributed by atoms with Gasteiger partial charge in [-0.05, 0) is 81.2 Å². The van der Waals surface area contributed by atoms with Crippen LogP contribution in [0.4, 0.5) is 10.2 Å². The first-order valence-corrected chi connectivity index (χ1v) is 14.7. The number of aliphatic hydroxyl groups excluding tert-OH is 1. The van der Waals surface area contributed by atoms with Crippen LogP contribution in [0.2, 0.25) is 0 Å². The van der Waals surface area contributed by atoms with Gasteiger partial charge in [0.05, 0.1) is 29.5 Å². The second-order valence-corrected chi connectivity index (χ2v) is 12.3. The quantitative estimate of drug-likeness (QED) is 0.608. The molecule has 0 amide bonds. The number of phenols is 1. The van der Waals surface area contributed by atoms with Crippen molar-refractivity contribution >= 4 is 5.82 Å². The third kappa shape index (κ3) is 4.56. The number of rotatable bonds is 4. The number of aromatic nitrogens is 2. The number of aryl methyl sites for hydroxylation is 1. The number of hydrogen-bond acceptors (Lipinski definition) is 8. The fraction of sp³-hybridized carbons (Fsp3) is 0.667. The van der Waals surface area contributed by atoms with Crippen LogP contribution >= 0.6 is 0 Å². The Morgan fingerprint density at radius 1 is 1.10 bits per heavy atom. The first-order chi connectivity index (χ1) is 18.9. The average molecular weight is 539 g/mol. The monoisotopic (exact) mass is 538 g/mol. The predicted molar refractivity (Wildman–Crippen MR) is 144 cm³/mol. The highest BCUT2D eigenvalue weighted by Crippen LogP contribution is 2.47. The molecule has 39 heavy (non-hydrogen) atoms. The van der Waals surface area contributed by atoms with Crippen molar-refractivity contribution in [1.82, 2.24) is 14.9 Å². The van der Waals surface area contributed by atoms with E-state index in [-0.39, 0.29) is 17.4 Å². The van der Waals surface area contributed by atoms with Crippen LogP contribution in [0, 0.1) is 0 Å². The summed E-state index contributed by atoms with van der Waals surface area (Å²) in [6, 6.07) is 5.97. The standard InChI is InChI=1S/C30H39FN4O4/c31-21-15-29(9-3-12-35(29)17-21)19-38-28-32-26-16-30(10-1-4-20-6-7-23(37)14-25(20)30)39-18-24(26)27(33-28)34-11-2-5-22(36)8-13-34/h6-7,14,21-22,36-37H,1-5,8-13,15-19H2/t21?,22?,29-,30?/m0/s1. The van der Waals surface area contributed by atoms with E-state index in [9.17, 15) is 14.6 Å². The largest absolute Gasteiger partial charge is 0.508 e. The van der Waals surface area contributed by atoms with Crippen molar-refractivity contribution in [3.8, 4) is 11.8 Å². The highest BCUT2D eigenvalue weighted by atomic mass is 19.1. The van der Waals surface area contributed by atoms with Gasteiger partial charge in [0.2, 0.25) is 0 Å². The maximum Gasteiger partial charge on any atom is 0.318 e. The van der Waals surface area contributed by atoms with Crippen LogP contribution in [0.5, 0.6) is 11.8 Å². The van der Waals surface area contributed by atoms with E-state index in [4.69, 9.17) is 19.4 Å². The molecule has 8 nitrogen and oxygen atoms in total. The molecule has 0 radical (unpaired) electrons. The molecule has 0 saturated carbocycles. The number of alkyl halides is 1. The van der Waals surface area contributed by atoms with Crippen LogP contribution in [0.3, 0.4) is 0 Å². The molecule has 7 rings (SSSR count). The Labute approximate surface area is 229 Å². The Bertz CT molecular complexity index is 1250. The molecule has 3 unspecified atom stereocenters. The lowest BCUT2D eigenvalue weighted by molar-refractivity contribution is -0.0856. The van der Waals surface area contributed by atoms with Gasteiger partial charge in [0.25, 0.3) is 0 Å². The van der Waals surface area contributed by atoms with Gasteiger partial charge in [-0.15, -0.1) is 0 Å². The maximum atomic E-state index is 14.4. The van der Waals surface area contributed by atoms with Gasteiger partial charge in [0, 0.05) is 38.0 Å². The molecule has 5 heterocycles. The molecule has 210 valence electrons. The van der Waals surface area contributed by atoms with Gasteiger partial charge >= 0.3 is 6.01 Å². The summed E-state index contributed by atoms with van der Waals surface area (Å²) < 4.78 is 27.4. The van der Waals surface area contributed by atoms with Crippen molar-refractivity contribution in [2.75, 3.05) is 37.7 Å². The number of anilines is 1. The van der Waals surface area contributed by atoms with Crippen LogP contribution in [-0.2, 0) is 29.8 Å². The zero-order valence-electron chi connectivity index (χ0n) is 22.6. The molecule has 1 spiro atoms. The lowest BCUT2D eigenvalue weighted by Crippen LogP contribution is -2.44. The zero-order chi connectivity index (χ0) is 26.6. The zero-order valence-corrected chi connectivity index (χ0v) is 22.6. The molecule has 0 bridgehead atoms. The van der Waals surface area contributed by atoms with Crippen molar-refractivity contribution in [3.05, 3.63) is 40.6 Å². The van der Waals surface area contributed by atoms with E-state index in [1.807, 2.05) is 12.1 Å². The predicted octanol–water partition coefficient (Wildman–Crippen LogP) is 3.79. The van der Waals surface area contributed by atoms with E-state index in [1.165, 1.54) is 5.56 Å². The Morgan fingerprint density at radius 2 is 2.03 bits per heavy atom. The molecule has 1 aromatic heterocycles.